The number of carbonyl (C=O) groups excluding carboxylic acids is 1. The molecule has 1 aliphatic rings. The lowest BCUT2D eigenvalue weighted by atomic mass is 9.76. The average Bonchev–Trinajstić information content (AvgIpc) is 2.20. The van der Waals surface area contributed by atoms with Crippen LogP contribution in [0.2, 0.25) is 0 Å². The van der Waals surface area contributed by atoms with Gasteiger partial charge in [0.1, 0.15) is 6.04 Å². The Labute approximate surface area is 95.4 Å². The van der Waals surface area contributed by atoms with Gasteiger partial charge in [-0.1, -0.05) is 20.3 Å². The summed E-state index contributed by atoms with van der Waals surface area (Å²) in [5, 5.41) is 11.6. The smallest absolute Gasteiger partial charge is 0.326 e. The van der Waals surface area contributed by atoms with Gasteiger partial charge in [-0.25, -0.2) is 4.79 Å². The van der Waals surface area contributed by atoms with Crippen molar-refractivity contribution in [1.82, 2.24) is 5.32 Å². The lowest BCUT2D eigenvalue weighted by molar-refractivity contribution is -0.145. The standard InChI is InChI=1S/C11H20N2O3/c1-3-7(2)8(9(14)15)13-10(16)11(12)5-4-6-11/h7-8H,3-6,12H2,1-2H3,(H,13,16)(H,14,15)/t7?,8-/m0/s1. The number of carbonyl (C=O) groups is 2. The Bertz CT molecular complexity index is 287. The van der Waals surface area contributed by atoms with Crippen molar-refractivity contribution >= 4 is 11.9 Å². The summed E-state index contributed by atoms with van der Waals surface area (Å²) >= 11 is 0. The van der Waals surface area contributed by atoms with Crippen molar-refractivity contribution in [3.8, 4) is 0 Å². The van der Waals surface area contributed by atoms with Gasteiger partial charge in [-0.2, -0.15) is 0 Å². The minimum Gasteiger partial charge on any atom is -0.480 e. The third kappa shape index (κ3) is 2.52. The maximum absolute atomic E-state index is 11.8. The number of amides is 1. The van der Waals surface area contributed by atoms with Gasteiger partial charge in [0, 0.05) is 0 Å². The highest BCUT2D eigenvalue weighted by molar-refractivity contribution is 5.90. The van der Waals surface area contributed by atoms with Gasteiger partial charge in [-0.3, -0.25) is 4.79 Å². The second kappa shape index (κ2) is 4.82. The number of nitrogens with one attached hydrogen (secondary N) is 1. The van der Waals surface area contributed by atoms with Gasteiger partial charge in [0.2, 0.25) is 5.91 Å². The quantitative estimate of drug-likeness (QED) is 0.638. The van der Waals surface area contributed by atoms with Crippen LogP contribution in [-0.2, 0) is 9.59 Å². The molecule has 0 heterocycles. The molecule has 5 nitrogen and oxygen atoms in total. The summed E-state index contributed by atoms with van der Waals surface area (Å²) in [7, 11) is 0. The molecule has 92 valence electrons. The number of nitrogens with two attached hydrogens (primary N) is 1. The maximum Gasteiger partial charge on any atom is 0.326 e. The molecule has 1 rings (SSSR count). The van der Waals surface area contributed by atoms with Crippen LogP contribution in [0.5, 0.6) is 0 Å². The molecule has 0 spiro atoms. The van der Waals surface area contributed by atoms with Crippen LogP contribution in [0.15, 0.2) is 0 Å². The third-order valence-electron chi connectivity index (χ3n) is 3.46. The Kier molecular flexibility index (Phi) is 3.91. The van der Waals surface area contributed by atoms with Crippen molar-refractivity contribution in [3.05, 3.63) is 0 Å². The zero-order valence-electron chi connectivity index (χ0n) is 9.82. The van der Waals surface area contributed by atoms with Gasteiger partial charge < -0.3 is 16.2 Å². The molecule has 1 unspecified atom stereocenters. The van der Waals surface area contributed by atoms with E-state index in [4.69, 9.17) is 10.8 Å². The zero-order valence-corrected chi connectivity index (χ0v) is 9.82. The fraction of sp³-hybridized carbons (Fsp3) is 0.818. The van der Waals surface area contributed by atoms with Gasteiger partial charge >= 0.3 is 5.97 Å². The first-order valence-corrected chi connectivity index (χ1v) is 5.73. The van der Waals surface area contributed by atoms with E-state index in [0.29, 0.717) is 19.3 Å². The van der Waals surface area contributed by atoms with E-state index in [0.717, 1.165) is 6.42 Å². The number of hydrogen-bond donors (Lipinski definition) is 3. The average molecular weight is 228 g/mol. The largest absolute Gasteiger partial charge is 0.480 e. The Morgan fingerprint density at radius 2 is 2.06 bits per heavy atom. The van der Waals surface area contributed by atoms with Crippen molar-refractivity contribution < 1.29 is 14.7 Å². The Hall–Kier alpha value is -1.10. The lowest BCUT2D eigenvalue weighted by Crippen LogP contribution is -2.61. The molecule has 1 amide bonds. The first-order valence-electron chi connectivity index (χ1n) is 5.73. The summed E-state index contributed by atoms with van der Waals surface area (Å²) in [6, 6.07) is -0.835. The third-order valence-corrected chi connectivity index (χ3v) is 3.46. The Morgan fingerprint density at radius 3 is 2.38 bits per heavy atom. The topological polar surface area (TPSA) is 92.4 Å². The van der Waals surface area contributed by atoms with Crippen LogP contribution in [0.4, 0.5) is 0 Å². The summed E-state index contributed by atoms with van der Waals surface area (Å²) in [5.74, 6) is -1.41. The molecule has 0 radical (unpaired) electrons. The molecule has 5 heteroatoms. The molecule has 1 saturated carbocycles. The highest BCUT2D eigenvalue weighted by Gasteiger charge is 2.42. The minimum atomic E-state index is -0.995. The van der Waals surface area contributed by atoms with Crippen molar-refractivity contribution in [3.63, 3.8) is 0 Å². The second-order valence-electron chi connectivity index (χ2n) is 4.68. The molecule has 2 atom stereocenters. The highest BCUT2D eigenvalue weighted by Crippen LogP contribution is 2.29. The monoisotopic (exact) mass is 228 g/mol. The normalized spacial score (nSPS) is 21.7. The summed E-state index contributed by atoms with van der Waals surface area (Å²) in [6.07, 6.45) is 2.93. The fourth-order valence-electron chi connectivity index (χ4n) is 1.75. The molecular formula is C11H20N2O3. The van der Waals surface area contributed by atoms with Gasteiger partial charge in [0.05, 0.1) is 5.54 Å². The Balaban J connectivity index is 2.61. The number of carboxylic acids is 1. The van der Waals surface area contributed by atoms with Crippen molar-refractivity contribution in [2.45, 2.75) is 51.1 Å². The SMILES string of the molecule is CCC(C)[C@H](NC(=O)C1(N)CCC1)C(=O)O. The number of hydrogen-bond acceptors (Lipinski definition) is 3. The zero-order chi connectivity index (χ0) is 12.3. The number of rotatable bonds is 5. The van der Waals surface area contributed by atoms with E-state index in [2.05, 4.69) is 5.32 Å². The second-order valence-corrected chi connectivity index (χ2v) is 4.68. The molecular weight excluding hydrogens is 208 g/mol. The van der Waals surface area contributed by atoms with Gasteiger partial charge in [0.25, 0.3) is 0 Å². The molecule has 0 aromatic heterocycles. The molecule has 1 aliphatic carbocycles. The van der Waals surface area contributed by atoms with Crippen molar-refractivity contribution in [1.29, 1.82) is 0 Å². The van der Waals surface area contributed by atoms with E-state index in [-0.39, 0.29) is 11.8 Å². The maximum atomic E-state index is 11.8. The van der Waals surface area contributed by atoms with Crippen LogP contribution in [0.3, 0.4) is 0 Å². The summed E-state index contributed by atoms with van der Waals surface area (Å²) < 4.78 is 0. The Morgan fingerprint density at radius 1 is 1.50 bits per heavy atom. The summed E-state index contributed by atoms with van der Waals surface area (Å²) in [6.45, 7) is 3.71. The van der Waals surface area contributed by atoms with Gasteiger partial charge in [-0.15, -0.1) is 0 Å². The van der Waals surface area contributed by atoms with E-state index in [1.807, 2.05) is 13.8 Å². The van der Waals surface area contributed by atoms with Gasteiger partial charge in [-0.05, 0) is 25.2 Å². The van der Waals surface area contributed by atoms with E-state index in [1.165, 1.54) is 0 Å². The molecule has 0 aliphatic heterocycles. The van der Waals surface area contributed by atoms with Crippen LogP contribution in [0.1, 0.15) is 39.5 Å². The minimum absolute atomic E-state index is 0.0925. The molecule has 0 saturated heterocycles. The van der Waals surface area contributed by atoms with Crippen molar-refractivity contribution in [2.24, 2.45) is 11.7 Å². The van der Waals surface area contributed by atoms with Crippen LogP contribution < -0.4 is 11.1 Å². The highest BCUT2D eigenvalue weighted by atomic mass is 16.4. The number of carboxylic acid groups (broad SMARTS) is 1. The molecule has 0 aromatic rings. The molecule has 0 bridgehead atoms. The number of aliphatic carboxylic acids is 1. The molecule has 4 N–H and O–H groups in total. The van der Waals surface area contributed by atoms with E-state index in [1.54, 1.807) is 0 Å². The first-order chi connectivity index (χ1) is 7.40. The molecule has 16 heavy (non-hydrogen) atoms. The summed E-state index contributed by atoms with van der Waals surface area (Å²) in [5.41, 5.74) is 5.00. The predicted molar refractivity (Wildman–Crippen MR) is 59.8 cm³/mol. The van der Waals surface area contributed by atoms with Crippen LogP contribution in [-0.4, -0.2) is 28.6 Å². The van der Waals surface area contributed by atoms with E-state index in [9.17, 15) is 9.59 Å². The lowest BCUT2D eigenvalue weighted by Gasteiger charge is -2.37. The van der Waals surface area contributed by atoms with E-state index >= 15 is 0 Å². The first kappa shape index (κ1) is 13.0. The van der Waals surface area contributed by atoms with Crippen LogP contribution >= 0.6 is 0 Å². The predicted octanol–water partition coefficient (Wildman–Crippen LogP) is 0.483. The van der Waals surface area contributed by atoms with Crippen molar-refractivity contribution in [2.75, 3.05) is 0 Å². The fourth-order valence-corrected chi connectivity index (χ4v) is 1.75. The molecule has 0 aromatic carbocycles. The van der Waals surface area contributed by atoms with Crippen LogP contribution in [0.25, 0.3) is 0 Å². The van der Waals surface area contributed by atoms with E-state index < -0.39 is 17.6 Å². The van der Waals surface area contributed by atoms with Gasteiger partial charge in [0.15, 0.2) is 0 Å². The molecule has 1 fully saturated rings. The summed E-state index contributed by atoms with van der Waals surface area (Å²) in [4.78, 5) is 22.8. The van der Waals surface area contributed by atoms with Crippen LogP contribution in [0, 0.1) is 5.92 Å².